The largest absolute Gasteiger partial charge is 0.454 e. The van der Waals surface area contributed by atoms with E-state index >= 15 is 0 Å². The Hall–Kier alpha value is -3.01. The van der Waals surface area contributed by atoms with Gasteiger partial charge >= 0.3 is 0 Å². The van der Waals surface area contributed by atoms with Crippen LogP contribution in [0.1, 0.15) is 35.4 Å². The maximum Gasteiger partial charge on any atom is 0.231 e. The van der Waals surface area contributed by atoms with Crippen molar-refractivity contribution in [3.05, 3.63) is 65.0 Å². The molecule has 1 aliphatic carbocycles. The lowest BCUT2D eigenvalue weighted by molar-refractivity contribution is 0.174. The van der Waals surface area contributed by atoms with Gasteiger partial charge in [-0.2, -0.15) is 0 Å². The number of aryl methyl sites for hydroxylation is 2. The lowest BCUT2D eigenvalue weighted by Crippen LogP contribution is -2.09. The van der Waals surface area contributed by atoms with Crippen LogP contribution in [0, 0.1) is 0 Å². The highest BCUT2D eigenvalue weighted by atomic mass is 16.7. The molecular formula is C23H20N2O2. The van der Waals surface area contributed by atoms with Crippen LogP contribution in [0.2, 0.25) is 0 Å². The summed E-state index contributed by atoms with van der Waals surface area (Å²) in [5.41, 5.74) is 7.44. The minimum Gasteiger partial charge on any atom is -0.454 e. The summed E-state index contributed by atoms with van der Waals surface area (Å²) in [6.07, 6.45) is 5.49. The molecule has 0 amide bonds. The van der Waals surface area contributed by atoms with Crippen LogP contribution in [0.4, 0.5) is 0 Å². The first-order valence-corrected chi connectivity index (χ1v) is 9.66. The van der Waals surface area contributed by atoms with Crippen LogP contribution >= 0.6 is 0 Å². The molecule has 4 nitrogen and oxygen atoms in total. The molecular weight excluding hydrogens is 336 g/mol. The molecule has 27 heavy (non-hydrogen) atoms. The van der Waals surface area contributed by atoms with Crippen LogP contribution in [-0.4, -0.2) is 16.8 Å². The molecule has 0 saturated heterocycles. The molecule has 0 spiro atoms. The van der Waals surface area contributed by atoms with E-state index in [0.717, 1.165) is 36.5 Å². The minimum atomic E-state index is 0.308. The van der Waals surface area contributed by atoms with Crippen molar-refractivity contribution in [3.63, 3.8) is 0 Å². The monoisotopic (exact) mass is 356 g/mol. The normalized spacial score (nSPS) is 15.4. The van der Waals surface area contributed by atoms with Crippen LogP contribution in [0.5, 0.6) is 11.5 Å². The van der Waals surface area contributed by atoms with Gasteiger partial charge in [-0.3, -0.25) is 4.98 Å². The molecule has 0 bridgehead atoms. The molecule has 3 heterocycles. The van der Waals surface area contributed by atoms with E-state index in [4.69, 9.17) is 14.5 Å². The first-order chi connectivity index (χ1) is 13.4. The summed E-state index contributed by atoms with van der Waals surface area (Å²) in [6.45, 7) is 0.308. The van der Waals surface area contributed by atoms with Gasteiger partial charge in [0.1, 0.15) is 0 Å². The number of nitrogens with one attached hydrogen (secondary N) is 1. The topological polar surface area (TPSA) is 47.1 Å². The molecule has 0 saturated carbocycles. The van der Waals surface area contributed by atoms with Crippen molar-refractivity contribution in [2.75, 3.05) is 6.79 Å². The maximum absolute atomic E-state index is 5.55. The summed E-state index contributed by atoms with van der Waals surface area (Å²) in [5, 5.41) is 2.70. The Morgan fingerprint density at radius 1 is 0.963 bits per heavy atom. The zero-order chi connectivity index (χ0) is 17.8. The smallest absolute Gasteiger partial charge is 0.231 e. The first kappa shape index (κ1) is 15.1. The van der Waals surface area contributed by atoms with Gasteiger partial charge in [-0.05, 0) is 55.0 Å². The maximum atomic E-state index is 5.55. The second-order valence-electron chi connectivity index (χ2n) is 7.48. The third-order valence-corrected chi connectivity index (χ3v) is 5.81. The number of hydrogen-bond donors (Lipinski definition) is 1. The third-order valence-electron chi connectivity index (χ3n) is 5.81. The van der Waals surface area contributed by atoms with E-state index in [1.165, 1.54) is 51.5 Å². The van der Waals surface area contributed by atoms with Gasteiger partial charge in [0.05, 0.1) is 11.2 Å². The Balaban J connectivity index is 1.56. The van der Waals surface area contributed by atoms with Gasteiger partial charge in [0, 0.05) is 28.4 Å². The van der Waals surface area contributed by atoms with Gasteiger partial charge in [-0.25, -0.2) is 0 Å². The van der Waals surface area contributed by atoms with Gasteiger partial charge in [0.2, 0.25) is 6.79 Å². The Morgan fingerprint density at radius 2 is 1.85 bits per heavy atom. The van der Waals surface area contributed by atoms with E-state index in [1.807, 2.05) is 6.07 Å². The van der Waals surface area contributed by atoms with Crippen molar-refractivity contribution in [2.24, 2.45) is 0 Å². The van der Waals surface area contributed by atoms with Crippen molar-refractivity contribution in [1.82, 2.24) is 9.97 Å². The summed E-state index contributed by atoms with van der Waals surface area (Å²) in [5.74, 6) is 1.66. The highest BCUT2D eigenvalue weighted by Crippen LogP contribution is 2.37. The van der Waals surface area contributed by atoms with E-state index in [1.54, 1.807) is 0 Å². The second-order valence-corrected chi connectivity index (χ2v) is 7.48. The van der Waals surface area contributed by atoms with Gasteiger partial charge in [-0.1, -0.05) is 24.3 Å². The van der Waals surface area contributed by atoms with Crippen molar-refractivity contribution < 1.29 is 9.47 Å². The van der Waals surface area contributed by atoms with Gasteiger partial charge in [0.25, 0.3) is 0 Å². The van der Waals surface area contributed by atoms with E-state index in [-0.39, 0.29) is 0 Å². The average Bonchev–Trinajstić information content (AvgIpc) is 3.32. The van der Waals surface area contributed by atoms with E-state index in [0.29, 0.717) is 6.79 Å². The molecule has 0 atom stereocenters. The summed E-state index contributed by atoms with van der Waals surface area (Å²) in [7, 11) is 0. The lowest BCUT2D eigenvalue weighted by Gasteiger charge is -2.18. The fourth-order valence-electron chi connectivity index (χ4n) is 4.54. The van der Waals surface area contributed by atoms with Gasteiger partial charge in [0.15, 0.2) is 11.5 Å². The molecule has 6 rings (SSSR count). The zero-order valence-electron chi connectivity index (χ0n) is 15.0. The number of benzene rings is 2. The summed E-state index contributed by atoms with van der Waals surface area (Å²) in [4.78, 5) is 8.77. The number of aromatic nitrogens is 2. The number of fused-ring (bicyclic) bond motifs is 6. The Labute approximate surface area is 157 Å². The molecule has 0 fully saturated rings. The van der Waals surface area contributed by atoms with Crippen LogP contribution in [-0.2, 0) is 19.3 Å². The molecule has 2 aliphatic rings. The first-order valence-electron chi connectivity index (χ1n) is 9.66. The van der Waals surface area contributed by atoms with Gasteiger partial charge < -0.3 is 14.5 Å². The van der Waals surface area contributed by atoms with Crippen molar-refractivity contribution in [2.45, 2.75) is 32.1 Å². The van der Waals surface area contributed by atoms with E-state index in [9.17, 15) is 0 Å². The minimum absolute atomic E-state index is 0.308. The van der Waals surface area contributed by atoms with E-state index in [2.05, 4.69) is 41.4 Å². The molecule has 0 radical (unpaired) electrons. The predicted molar refractivity (Wildman–Crippen MR) is 106 cm³/mol. The Bertz CT molecular complexity index is 1190. The van der Waals surface area contributed by atoms with Crippen molar-refractivity contribution in [1.29, 1.82) is 0 Å². The van der Waals surface area contributed by atoms with Crippen LogP contribution < -0.4 is 9.47 Å². The van der Waals surface area contributed by atoms with Crippen LogP contribution in [0.3, 0.4) is 0 Å². The predicted octanol–water partition coefficient (Wildman–Crippen LogP) is 4.91. The van der Waals surface area contributed by atoms with Crippen LogP contribution in [0.25, 0.3) is 21.8 Å². The summed E-state index contributed by atoms with van der Waals surface area (Å²) in [6, 6.07) is 14.8. The highest BCUT2D eigenvalue weighted by molar-refractivity contribution is 6.10. The van der Waals surface area contributed by atoms with Crippen LogP contribution in [0.15, 0.2) is 42.5 Å². The molecule has 1 aliphatic heterocycles. The number of aromatic amines is 1. The molecule has 2 aromatic heterocycles. The number of rotatable bonds is 2. The number of pyridine rings is 1. The van der Waals surface area contributed by atoms with Crippen molar-refractivity contribution in [3.8, 4) is 11.5 Å². The molecule has 2 aromatic carbocycles. The Kier molecular flexibility index (Phi) is 3.21. The Morgan fingerprint density at radius 3 is 2.85 bits per heavy atom. The molecule has 0 unspecified atom stereocenters. The van der Waals surface area contributed by atoms with E-state index < -0.39 is 0 Å². The standard InChI is InChI=1S/C23H20N2O2/c1-3-7-17-15(5-1)22-16-6-2-4-8-18(16)25-23(22)19(24-17)11-14-9-10-20-21(12-14)27-13-26-20/h2,4,6,8-10,12,25H,1,3,5,7,11,13H2. The molecule has 134 valence electrons. The molecule has 1 N–H and O–H groups in total. The van der Waals surface area contributed by atoms with Gasteiger partial charge in [-0.15, -0.1) is 0 Å². The summed E-state index contributed by atoms with van der Waals surface area (Å²) >= 11 is 0. The average molecular weight is 356 g/mol. The number of H-pyrrole nitrogens is 1. The fourth-order valence-corrected chi connectivity index (χ4v) is 4.54. The second kappa shape index (κ2) is 5.74. The molecule has 4 aromatic rings. The number of hydrogen-bond acceptors (Lipinski definition) is 3. The molecule has 4 heteroatoms. The lowest BCUT2D eigenvalue weighted by atomic mass is 9.91. The quantitative estimate of drug-likeness (QED) is 0.555. The highest BCUT2D eigenvalue weighted by Gasteiger charge is 2.21. The number of para-hydroxylation sites is 1. The summed E-state index contributed by atoms with van der Waals surface area (Å²) < 4.78 is 11.0. The SMILES string of the molecule is c1ccc2c(c1)[nH]c1c(Cc3ccc4c(c3)OCO4)nc3c(c12)CCCC3. The number of ether oxygens (including phenoxy) is 2. The fraction of sp³-hybridized carbons (Fsp3) is 0.261. The zero-order valence-corrected chi connectivity index (χ0v) is 15.0. The number of nitrogens with zero attached hydrogens (tertiary/aromatic N) is 1. The van der Waals surface area contributed by atoms with Crippen molar-refractivity contribution >= 4 is 21.8 Å². The third kappa shape index (κ3) is 2.33.